The number of carboxylic acid groups (broad SMARTS) is 1. The monoisotopic (exact) mass is 288 g/mol. The lowest BCUT2D eigenvalue weighted by atomic mass is 10.2. The molecule has 0 radical (unpaired) electrons. The van der Waals surface area contributed by atoms with E-state index in [2.05, 4.69) is 12.2 Å². The molecule has 0 aliphatic carbocycles. The smallest absolute Gasteiger partial charge is 0.326 e. The van der Waals surface area contributed by atoms with Crippen molar-refractivity contribution < 1.29 is 24.5 Å². The van der Waals surface area contributed by atoms with Gasteiger partial charge in [0, 0.05) is 32.7 Å². The van der Waals surface area contributed by atoms with Gasteiger partial charge in [-0.05, 0) is 12.8 Å². The summed E-state index contributed by atoms with van der Waals surface area (Å²) in [5.41, 5.74) is 0. The largest absolute Gasteiger partial charge is 0.480 e. The molecule has 1 aliphatic heterocycles. The van der Waals surface area contributed by atoms with Gasteiger partial charge < -0.3 is 25.2 Å². The van der Waals surface area contributed by atoms with E-state index in [1.165, 1.54) is 4.90 Å². The number of aliphatic hydroxyl groups is 1. The van der Waals surface area contributed by atoms with Crippen molar-refractivity contribution in [2.75, 3.05) is 26.3 Å². The van der Waals surface area contributed by atoms with Gasteiger partial charge in [-0.25, -0.2) is 9.59 Å². The number of ether oxygens (including phenoxy) is 1. The fourth-order valence-corrected chi connectivity index (χ4v) is 2.09. The van der Waals surface area contributed by atoms with Gasteiger partial charge in [-0.15, -0.1) is 0 Å². The molecule has 0 spiro atoms. The Hall–Kier alpha value is -1.34. The molecular weight excluding hydrogens is 264 g/mol. The number of carbonyl (C=O) groups is 2. The summed E-state index contributed by atoms with van der Waals surface area (Å²) in [4.78, 5) is 24.0. The number of hydrogen-bond acceptors (Lipinski definition) is 4. The Labute approximate surface area is 118 Å². The first-order valence-electron chi connectivity index (χ1n) is 7.09. The number of aliphatic carboxylic acids is 1. The number of nitrogens with one attached hydrogen (secondary N) is 1. The molecule has 0 aromatic rings. The third-order valence-corrected chi connectivity index (χ3v) is 3.21. The summed E-state index contributed by atoms with van der Waals surface area (Å²) in [5.74, 6) is -1.08. The van der Waals surface area contributed by atoms with Crippen LogP contribution in [0.3, 0.4) is 0 Å². The first-order valence-corrected chi connectivity index (χ1v) is 7.09. The molecule has 7 heteroatoms. The number of likely N-dealkylation sites (tertiary alicyclic amines) is 1. The van der Waals surface area contributed by atoms with Crippen molar-refractivity contribution in [3.63, 3.8) is 0 Å². The second kappa shape index (κ2) is 8.76. The number of hydrogen-bond donors (Lipinski definition) is 3. The third-order valence-electron chi connectivity index (χ3n) is 3.21. The average Bonchev–Trinajstić information content (AvgIpc) is 2.80. The highest BCUT2D eigenvalue weighted by atomic mass is 16.5. The van der Waals surface area contributed by atoms with Crippen LogP contribution in [0.2, 0.25) is 0 Å². The van der Waals surface area contributed by atoms with E-state index in [-0.39, 0.29) is 13.0 Å². The van der Waals surface area contributed by atoms with E-state index in [9.17, 15) is 14.7 Å². The Kier molecular flexibility index (Phi) is 7.32. The Morgan fingerprint density at radius 2 is 2.05 bits per heavy atom. The molecule has 2 atom stereocenters. The molecule has 7 nitrogen and oxygen atoms in total. The first kappa shape index (κ1) is 16.7. The van der Waals surface area contributed by atoms with Gasteiger partial charge in [0.1, 0.15) is 6.04 Å². The number of urea groups is 1. The number of rotatable bonds is 8. The lowest BCUT2D eigenvalue weighted by Gasteiger charge is -2.21. The number of aliphatic hydroxyl groups excluding tert-OH is 1. The molecule has 1 rings (SSSR count). The van der Waals surface area contributed by atoms with E-state index in [4.69, 9.17) is 9.84 Å². The Bertz CT molecular complexity index is 324. The van der Waals surface area contributed by atoms with Crippen molar-refractivity contribution in [1.29, 1.82) is 0 Å². The zero-order valence-corrected chi connectivity index (χ0v) is 11.9. The predicted molar refractivity (Wildman–Crippen MR) is 72.5 cm³/mol. The first-order chi connectivity index (χ1) is 9.56. The van der Waals surface area contributed by atoms with Crippen LogP contribution in [-0.4, -0.2) is 65.6 Å². The second-order valence-electron chi connectivity index (χ2n) is 4.95. The van der Waals surface area contributed by atoms with Gasteiger partial charge in [0.2, 0.25) is 0 Å². The second-order valence-corrected chi connectivity index (χ2v) is 4.95. The van der Waals surface area contributed by atoms with Crippen LogP contribution in [0.5, 0.6) is 0 Å². The van der Waals surface area contributed by atoms with E-state index in [1.807, 2.05) is 0 Å². The van der Waals surface area contributed by atoms with Crippen molar-refractivity contribution in [3.05, 3.63) is 0 Å². The quantitative estimate of drug-likeness (QED) is 0.562. The zero-order chi connectivity index (χ0) is 15.0. The molecule has 3 N–H and O–H groups in total. The maximum atomic E-state index is 11.8. The molecule has 20 heavy (non-hydrogen) atoms. The van der Waals surface area contributed by atoms with Gasteiger partial charge in [0.15, 0.2) is 0 Å². The summed E-state index contributed by atoms with van der Waals surface area (Å²) in [6.45, 7) is 3.89. The highest BCUT2D eigenvalue weighted by Crippen LogP contribution is 2.17. The van der Waals surface area contributed by atoms with Crippen LogP contribution in [0, 0.1) is 0 Å². The minimum Gasteiger partial charge on any atom is -0.480 e. The minimum absolute atomic E-state index is 0.0653. The molecule has 1 aliphatic rings. The molecule has 1 unspecified atom stereocenters. The Morgan fingerprint density at radius 1 is 1.35 bits per heavy atom. The number of β-amino-alcohol motifs (C(OH)–C–C–N with tert-alkyl or cyclic N) is 1. The summed E-state index contributed by atoms with van der Waals surface area (Å²) in [5, 5.41) is 21.1. The van der Waals surface area contributed by atoms with Crippen LogP contribution in [0.1, 0.15) is 32.6 Å². The average molecular weight is 288 g/mol. The highest BCUT2D eigenvalue weighted by molar-refractivity contribution is 5.83. The summed E-state index contributed by atoms with van der Waals surface area (Å²) in [6, 6.07) is -1.38. The number of unbranched alkanes of at least 4 members (excludes halogenated alkanes) is 1. The van der Waals surface area contributed by atoms with Crippen molar-refractivity contribution >= 4 is 12.0 Å². The molecule has 0 aromatic carbocycles. The Morgan fingerprint density at radius 3 is 2.70 bits per heavy atom. The maximum absolute atomic E-state index is 11.8. The number of carbonyl (C=O) groups excluding carboxylic acids is 1. The van der Waals surface area contributed by atoms with Crippen LogP contribution < -0.4 is 5.32 Å². The maximum Gasteiger partial charge on any atom is 0.326 e. The molecule has 0 saturated carbocycles. The standard InChI is InChI=1S/C13H24N2O5/c1-2-3-6-20-7-4-5-14-13(19)15-9-10(16)8-11(15)12(17)18/h10-11,16H,2-9H2,1H3,(H,14,19)(H,17,18)/t10?,11-/m0/s1. The van der Waals surface area contributed by atoms with Gasteiger partial charge in [0.05, 0.1) is 6.10 Å². The van der Waals surface area contributed by atoms with Crippen molar-refractivity contribution in [2.45, 2.75) is 44.8 Å². The number of amides is 2. The molecule has 2 amide bonds. The molecular formula is C13H24N2O5. The van der Waals surface area contributed by atoms with Crippen molar-refractivity contribution in [2.24, 2.45) is 0 Å². The lowest BCUT2D eigenvalue weighted by Crippen LogP contribution is -2.46. The van der Waals surface area contributed by atoms with Crippen LogP contribution >= 0.6 is 0 Å². The summed E-state index contributed by atoms with van der Waals surface area (Å²) in [7, 11) is 0. The molecule has 1 fully saturated rings. The summed E-state index contributed by atoms with van der Waals surface area (Å²) >= 11 is 0. The van der Waals surface area contributed by atoms with E-state index < -0.39 is 24.1 Å². The van der Waals surface area contributed by atoms with E-state index >= 15 is 0 Å². The van der Waals surface area contributed by atoms with E-state index in [1.54, 1.807) is 0 Å². The topological polar surface area (TPSA) is 99.1 Å². The zero-order valence-electron chi connectivity index (χ0n) is 11.9. The summed E-state index contributed by atoms with van der Waals surface area (Å²) < 4.78 is 5.36. The molecule has 0 aromatic heterocycles. The van der Waals surface area contributed by atoms with Crippen LogP contribution in [0.15, 0.2) is 0 Å². The third kappa shape index (κ3) is 5.34. The van der Waals surface area contributed by atoms with E-state index in [0.717, 1.165) is 19.4 Å². The van der Waals surface area contributed by atoms with Crippen LogP contribution in [0.25, 0.3) is 0 Å². The van der Waals surface area contributed by atoms with Gasteiger partial charge in [-0.3, -0.25) is 0 Å². The van der Waals surface area contributed by atoms with Gasteiger partial charge >= 0.3 is 12.0 Å². The van der Waals surface area contributed by atoms with Crippen molar-refractivity contribution in [1.82, 2.24) is 10.2 Å². The molecule has 0 bridgehead atoms. The fraction of sp³-hybridized carbons (Fsp3) is 0.846. The summed E-state index contributed by atoms with van der Waals surface area (Å²) in [6.07, 6.45) is 2.12. The van der Waals surface area contributed by atoms with E-state index in [0.29, 0.717) is 19.6 Å². The Balaban J connectivity index is 2.20. The van der Waals surface area contributed by atoms with Gasteiger partial charge in [-0.2, -0.15) is 0 Å². The van der Waals surface area contributed by atoms with Gasteiger partial charge in [0.25, 0.3) is 0 Å². The molecule has 1 saturated heterocycles. The molecule has 1 heterocycles. The lowest BCUT2D eigenvalue weighted by molar-refractivity contribution is -0.141. The predicted octanol–water partition coefficient (Wildman–Crippen LogP) is 0.423. The normalized spacial score (nSPS) is 22.0. The highest BCUT2D eigenvalue weighted by Gasteiger charge is 2.38. The minimum atomic E-state index is -1.08. The van der Waals surface area contributed by atoms with Crippen LogP contribution in [0.4, 0.5) is 4.79 Å². The molecule has 116 valence electrons. The van der Waals surface area contributed by atoms with Crippen LogP contribution in [-0.2, 0) is 9.53 Å². The SMILES string of the molecule is CCCCOCCCNC(=O)N1CC(O)C[C@H]1C(=O)O. The fourth-order valence-electron chi connectivity index (χ4n) is 2.09. The number of nitrogens with zero attached hydrogens (tertiary/aromatic N) is 1. The van der Waals surface area contributed by atoms with Gasteiger partial charge in [-0.1, -0.05) is 13.3 Å². The van der Waals surface area contributed by atoms with Crippen molar-refractivity contribution in [3.8, 4) is 0 Å². The number of carboxylic acids is 1.